The van der Waals surface area contributed by atoms with Crippen molar-refractivity contribution in [2.75, 3.05) is 26.2 Å². The molecule has 0 aromatic heterocycles. The molecule has 0 bridgehead atoms. The normalized spacial score (nSPS) is 32.1. The van der Waals surface area contributed by atoms with Crippen LogP contribution in [-0.2, 0) is 17.9 Å². The van der Waals surface area contributed by atoms with Crippen LogP contribution in [0.3, 0.4) is 0 Å². The van der Waals surface area contributed by atoms with Crippen LogP contribution in [0.2, 0.25) is 0 Å². The maximum atomic E-state index is 15.3. The lowest BCUT2D eigenvalue weighted by atomic mass is 9.50. The van der Waals surface area contributed by atoms with Crippen LogP contribution in [0.4, 0.5) is 22.0 Å². The Hall–Kier alpha value is -2.88. The molecular formula is C38H43F5N2O2. The first-order valence-electron chi connectivity index (χ1n) is 17.0. The Bertz CT molecular complexity index is 1560. The summed E-state index contributed by atoms with van der Waals surface area (Å²) in [4.78, 5) is 17.2. The van der Waals surface area contributed by atoms with Gasteiger partial charge in [0.05, 0.1) is 0 Å². The Labute approximate surface area is 273 Å². The monoisotopic (exact) mass is 654 g/mol. The fourth-order valence-corrected chi connectivity index (χ4v) is 9.77. The third-order valence-electron chi connectivity index (χ3n) is 12.3. The van der Waals surface area contributed by atoms with Crippen molar-refractivity contribution in [3.8, 4) is 0 Å². The molecule has 1 saturated heterocycles. The van der Waals surface area contributed by atoms with Gasteiger partial charge in [-0.25, -0.2) is 0 Å². The highest BCUT2D eigenvalue weighted by Crippen LogP contribution is 2.70. The van der Waals surface area contributed by atoms with Gasteiger partial charge in [-0.1, -0.05) is 67.1 Å². The summed E-state index contributed by atoms with van der Waals surface area (Å²) in [6.07, 6.45) is -2.51. The number of carbonyl (C=O) groups is 1. The molecule has 2 saturated carbocycles. The first-order valence-corrected chi connectivity index (χ1v) is 17.0. The van der Waals surface area contributed by atoms with Gasteiger partial charge < -0.3 is 5.11 Å². The lowest BCUT2D eigenvalue weighted by molar-refractivity contribution is -0.362. The molecule has 4 nitrogen and oxygen atoms in total. The molecule has 3 fully saturated rings. The average Bonchev–Trinajstić information content (AvgIpc) is 3.33. The third kappa shape index (κ3) is 5.50. The van der Waals surface area contributed by atoms with E-state index in [1.165, 1.54) is 12.5 Å². The van der Waals surface area contributed by atoms with Crippen LogP contribution in [0.1, 0.15) is 74.5 Å². The van der Waals surface area contributed by atoms with Crippen LogP contribution in [0.15, 0.2) is 77.4 Å². The Morgan fingerprint density at radius 2 is 1.45 bits per heavy atom. The van der Waals surface area contributed by atoms with Gasteiger partial charge in [0.2, 0.25) is 0 Å². The number of carbonyl (C=O) groups excluding carboxylic acids is 1. The molecule has 0 unspecified atom stereocenters. The van der Waals surface area contributed by atoms with E-state index in [0.29, 0.717) is 25.7 Å². The van der Waals surface area contributed by atoms with E-state index < -0.39 is 41.4 Å². The quantitative estimate of drug-likeness (QED) is 0.323. The molecule has 47 heavy (non-hydrogen) atoms. The molecule has 1 N–H and O–H groups in total. The number of hydrogen-bond acceptors (Lipinski definition) is 4. The summed E-state index contributed by atoms with van der Waals surface area (Å²) >= 11 is 0. The van der Waals surface area contributed by atoms with E-state index >= 15 is 8.78 Å². The largest absolute Gasteiger partial charge is 0.456 e. The first kappa shape index (κ1) is 32.7. The first-order chi connectivity index (χ1) is 22.3. The van der Waals surface area contributed by atoms with Crippen molar-refractivity contribution in [2.45, 2.75) is 88.6 Å². The zero-order valence-corrected chi connectivity index (χ0v) is 26.8. The number of ketones is 1. The number of rotatable bonds is 6. The van der Waals surface area contributed by atoms with Gasteiger partial charge in [0, 0.05) is 57.0 Å². The molecule has 1 aliphatic heterocycles. The van der Waals surface area contributed by atoms with E-state index in [2.05, 4.69) is 46.2 Å². The predicted octanol–water partition coefficient (Wildman–Crippen LogP) is 7.83. The Morgan fingerprint density at radius 1 is 0.830 bits per heavy atom. The minimum Gasteiger partial charge on any atom is -0.383 e. The van der Waals surface area contributed by atoms with Crippen molar-refractivity contribution in [3.63, 3.8) is 0 Å². The molecule has 252 valence electrons. The van der Waals surface area contributed by atoms with Crippen LogP contribution >= 0.6 is 0 Å². The average molecular weight is 655 g/mol. The zero-order valence-electron chi connectivity index (χ0n) is 26.8. The molecule has 5 atom stereocenters. The van der Waals surface area contributed by atoms with Crippen molar-refractivity contribution in [1.29, 1.82) is 0 Å². The van der Waals surface area contributed by atoms with Gasteiger partial charge >= 0.3 is 12.1 Å². The molecule has 9 heteroatoms. The van der Waals surface area contributed by atoms with E-state index in [1.807, 2.05) is 18.2 Å². The maximum absolute atomic E-state index is 15.3. The van der Waals surface area contributed by atoms with Gasteiger partial charge in [0.1, 0.15) is 5.60 Å². The lowest BCUT2D eigenvalue weighted by Gasteiger charge is -2.56. The molecular weight excluding hydrogens is 611 g/mol. The van der Waals surface area contributed by atoms with Crippen LogP contribution in [0.5, 0.6) is 0 Å². The topological polar surface area (TPSA) is 43.8 Å². The van der Waals surface area contributed by atoms with Gasteiger partial charge in [-0.15, -0.1) is 0 Å². The van der Waals surface area contributed by atoms with Gasteiger partial charge in [-0.05, 0) is 84.3 Å². The van der Waals surface area contributed by atoms with Gasteiger partial charge in [0.25, 0.3) is 0 Å². The highest BCUT2D eigenvalue weighted by molar-refractivity contribution is 5.93. The molecule has 0 spiro atoms. The lowest BCUT2D eigenvalue weighted by Crippen LogP contribution is -2.65. The second-order valence-corrected chi connectivity index (χ2v) is 14.7. The minimum absolute atomic E-state index is 0.000876. The molecule has 5 aliphatic rings. The van der Waals surface area contributed by atoms with Crippen molar-refractivity contribution < 1.29 is 31.9 Å². The highest BCUT2D eigenvalue weighted by Gasteiger charge is 2.79. The molecule has 1 heterocycles. The minimum atomic E-state index is -5.85. The second kappa shape index (κ2) is 11.9. The molecule has 0 radical (unpaired) electrons. The summed E-state index contributed by atoms with van der Waals surface area (Å²) in [5.74, 6) is -6.30. The highest BCUT2D eigenvalue weighted by atomic mass is 19.4. The number of alkyl halides is 5. The van der Waals surface area contributed by atoms with E-state index in [9.17, 15) is 23.1 Å². The third-order valence-corrected chi connectivity index (χ3v) is 12.3. The molecule has 7 rings (SSSR count). The number of piperazine rings is 1. The number of halogens is 5. The zero-order chi connectivity index (χ0) is 33.2. The van der Waals surface area contributed by atoms with Crippen molar-refractivity contribution in [1.82, 2.24) is 9.80 Å². The van der Waals surface area contributed by atoms with E-state index in [-0.39, 0.29) is 24.5 Å². The number of nitrogens with zero attached hydrogens (tertiary/aromatic N) is 2. The summed E-state index contributed by atoms with van der Waals surface area (Å²) in [5.41, 5.74) is 1.62. The Morgan fingerprint density at radius 3 is 2.06 bits per heavy atom. The fraction of sp³-hybridized carbons (Fsp3) is 0.553. The number of fused-ring (bicyclic) bond motifs is 4. The van der Waals surface area contributed by atoms with Crippen LogP contribution in [-0.4, -0.2) is 64.6 Å². The van der Waals surface area contributed by atoms with Gasteiger partial charge in [0.15, 0.2) is 5.78 Å². The number of benzene rings is 2. The van der Waals surface area contributed by atoms with E-state index in [4.69, 9.17) is 0 Å². The molecule has 2 aromatic rings. The summed E-state index contributed by atoms with van der Waals surface area (Å²) in [6, 6.07) is 18.5. The van der Waals surface area contributed by atoms with E-state index in [1.54, 1.807) is 6.08 Å². The van der Waals surface area contributed by atoms with Crippen LogP contribution < -0.4 is 0 Å². The fourth-order valence-electron chi connectivity index (χ4n) is 9.77. The number of hydrogen-bond donors (Lipinski definition) is 1. The van der Waals surface area contributed by atoms with Crippen molar-refractivity contribution in [3.05, 3.63) is 94.1 Å². The SMILES string of the molecule is C[C@]12C[C@H](c3ccc(CN4CCN(Cc5ccccc5)CC4)cc3)C3=C4CCC(=O)C=C4CC[C@H]3[C@@H]1CC[C@@]2(O)C(F)(F)C(F)(F)F. The summed E-state index contributed by atoms with van der Waals surface area (Å²) < 4.78 is 72.1. The van der Waals surface area contributed by atoms with Crippen LogP contribution in [0, 0.1) is 17.3 Å². The van der Waals surface area contributed by atoms with Crippen molar-refractivity contribution in [2.24, 2.45) is 17.3 Å². The summed E-state index contributed by atoms with van der Waals surface area (Å²) in [6.45, 7) is 6.99. The number of allylic oxidation sites excluding steroid dienone is 4. The van der Waals surface area contributed by atoms with E-state index in [0.717, 1.165) is 67.1 Å². The standard InChI is InChI=1S/C38H43F5N2O2/c1-35-22-32(27-9-7-26(8-10-27)24-45-19-17-44(18-20-45)23-25-5-3-2-4-6-25)34-30-14-12-29(46)21-28(30)11-13-31(34)33(35)15-16-36(35,47)37(39,40)38(41,42)43/h2-10,21,31-33,47H,11-20,22-24H2,1H3/t31-,32+,33-,35-,36-/m0/s1. The Balaban J connectivity index is 1.15. The number of aliphatic hydroxyl groups is 1. The summed E-state index contributed by atoms with van der Waals surface area (Å²) in [5, 5.41) is 11.5. The summed E-state index contributed by atoms with van der Waals surface area (Å²) in [7, 11) is 0. The maximum Gasteiger partial charge on any atom is 0.456 e. The molecule has 2 aromatic carbocycles. The van der Waals surface area contributed by atoms with Gasteiger partial charge in [-0.3, -0.25) is 14.6 Å². The molecule has 4 aliphatic carbocycles. The van der Waals surface area contributed by atoms with Crippen molar-refractivity contribution >= 4 is 5.78 Å². The van der Waals surface area contributed by atoms with Crippen LogP contribution in [0.25, 0.3) is 0 Å². The molecule has 0 amide bonds. The predicted molar refractivity (Wildman–Crippen MR) is 170 cm³/mol. The Kier molecular flexibility index (Phi) is 8.28. The van der Waals surface area contributed by atoms with Gasteiger partial charge in [-0.2, -0.15) is 22.0 Å². The second-order valence-electron chi connectivity index (χ2n) is 14.7. The smallest absolute Gasteiger partial charge is 0.383 e.